The summed E-state index contributed by atoms with van der Waals surface area (Å²) in [6, 6.07) is 15.2. The van der Waals surface area contributed by atoms with Gasteiger partial charge in [-0.25, -0.2) is 4.68 Å². The number of aryl methyl sites for hydroxylation is 1. The quantitative estimate of drug-likeness (QED) is 0.551. The van der Waals surface area contributed by atoms with Gasteiger partial charge in [0.15, 0.2) is 0 Å². The number of hydrogen-bond donors (Lipinski definition) is 1. The van der Waals surface area contributed by atoms with Crippen molar-refractivity contribution in [1.29, 1.82) is 5.26 Å². The number of nitriles is 1. The van der Waals surface area contributed by atoms with E-state index in [4.69, 9.17) is 22.0 Å². The molecule has 1 N–H and O–H groups in total. The predicted octanol–water partition coefficient (Wildman–Crippen LogP) is 4.84. The Morgan fingerprint density at radius 1 is 1.21 bits per heavy atom. The summed E-state index contributed by atoms with van der Waals surface area (Å²) < 4.78 is 1.84. The van der Waals surface area contributed by atoms with Crippen molar-refractivity contribution in [3.63, 3.8) is 0 Å². The van der Waals surface area contributed by atoms with Crippen molar-refractivity contribution in [1.82, 2.24) is 14.7 Å². The Morgan fingerprint density at radius 3 is 2.62 bits per heavy atom. The van der Waals surface area contributed by atoms with Gasteiger partial charge in [0, 0.05) is 42.9 Å². The molecule has 4 rings (SSSR count). The molecule has 0 bridgehead atoms. The number of hydrogen-bond acceptors (Lipinski definition) is 4. The van der Waals surface area contributed by atoms with Gasteiger partial charge in [0.25, 0.3) is 5.91 Å². The number of carbonyl (C=O) groups excluding carboxylic acids is 1. The second kappa shape index (κ2) is 10.4. The molecule has 0 saturated carbocycles. The normalized spacial score (nSPS) is 14.3. The van der Waals surface area contributed by atoms with Gasteiger partial charge in [-0.3, -0.25) is 4.79 Å². The highest BCUT2D eigenvalue weighted by atomic mass is 35.5. The van der Waals surface area contributed by atoms with Crippen LogP contribution in [0.2, 0.25) is 5.02 Å². The molecule has 1 aromatic heterocycles. The lowest BCUT2D eigenvalue weighted by atomic mass is 9.92. The van der Waals surface area contributed by atoms with Gasteiger partial charge < -0.3 is 10.0 Å². The highest BCUT2D eigenvalue weighted by Crippen LogP contribution is 2.27. The van der Waals surface area contributed by atoms with E-state index in [0.717, 1.165) is 66.1 Å². The van der Waals surface area contributed by atoms with Crippen LogP contribution in [-0.4, -0.2) is 45.4 Å². The third kappa shape index (κ3) is 4.86. The van der Waals surface area contributed by atoms with E-state index < -0.39 is 0 Å². The Kier molecular flexibility index (Phi) is 7.35. The lowest BCUT2D eigenvalue weighted by molar-refractivity contribution is 0.0677. The molecule has 1 fully saturated rings. The van der Waals surface area contributed by atoms with E-state index in [0.29, 0.717) is 22.9 Å². The smallest absolute Gasteiger partial charge is 0.254 e. The Labute approximate surface area is 205 Å². The fourth-order valence-corrected chi connectivity index (χ4v) is 4.98. The summed E-state index contributed by atoms with van der Waals surface area (Å²) in [4.78, 5) is 15.3. The van der Waals surface area contributed by atoms with Crippen LogP contribution >= 0.6 is 11.6 Å². The third-order valence-corrected chi connectivity index (χ3v) is 7.13. The molecular formula is C27H29ClN4O2. The molecule has 34 heavy (non-hydrogen) atoms. The summed E-state index contributed by atoms with van der Waals surface area (Å²) >= 11 is 6.25. The first kappa shape index (κ1) is 24.0. The standard InChI is InChI=1S/C27H29ClN4O2/c1-18-25(19(2)32(30-18)23-8-7-22(17-29)26(28)16-23)15-21-5-3-4-6-24(21)27(34)31-12-9-20(10-13-31)11-14-33/h3-8,16,20,33H,9-15H2,1-2H3. The number of benzene rings is 2. The molecule has 2 heterocycles. The molecule has 0 radical (unpaired) electrons. The van der Waals surface area contributed by atoms with Crippen molar-refractivity contribution in [2.24, 2.45) is 5.92 Å². The van der Waals surface area contributed by atoms with Gasteiger partial charge in [0.1, 0.15) is 6.07 Å². The van der Waals surface area contributed by atoms with Gasteiger partial charge >= 0.3 is 0 Å². The number of amides is 1. The van der Waals surface area contributed by atoms with Gasteiger partial charge in [-0.15, -0.1) is 0 Å². The fraction of sp³-hybridized carbons (Fsp3) is 0.370. The molecule has 176 valence electrons. The van der Waals surface area contributed by atoms with Crippen molar-refractivity contribution in [2.45, 2.75) is 39.5 Å². The van der Waals surface area contributed by atoms with Crippen LogP contribution in [0.5, 0.6) is 0 Å². The first-order chi connectivity index (χ1) is 16.4. The molecule has 1 aliphatic heterocycles. The molecule has 1 amide bonds. The Hall–Kier alpha value is -3.14. The minimum absolute atomic E-state index is 0.0691. The molecule has 7 heteroatoms. The van der Waals surface area contributed by atoms with E-state index in [2.05, 4.69) is 6.07 Å². The average molecular weight is 477 g/mol. The Morgan fingerprint density at radius 2 is 1.94 bits per heavy atom. The molecule has 1 aliphatic rings. The van der Waals surface area contributed by atoms with Crippen LogP contribution in [0.15, 0.2) is 42.5 Å². The molecule has 0 atom stereocenters. The topological polar surface area (TPSA) is 82.2 Å². The first-order valence-electron chi connectivity index (χ1n) is 11.7. The molecule has 1 saturated heterocycles. The number of rotatable bonds is 6. The summed E-state index contributed by atoms with van der Waals surface area (Å²) in [6.07, 6.45) is 3.29. The van der Waals surface area contributed by atoms with Crippen LogP contribution < -0.4 is 0 Å². The number of likely N-dealkylation sites (tertiary alicyclic amines) is 1. The van der Waals surface area contributed by atoms with Crippen molar-refractivity contribution in [3.05, 3.63) is 81.1 Å². The molecule has 0 spiro atoms. The summed E-state index contributed by atoms with van der Waals surface area (Å²) in [6.45, 7) is 5.65. The molecule has 0 aliphatic carbocycles. The highest BCUT2D eigenvalue weighted by molar-refractivity contribution is 6.31. The van der Waals surface area contributed by atoms with Crippen LogP contribution in [-0.2, 0) is 6.42 Å². The Bertz CT molecular complexity index is 1240. The minimum atomic E-state index is 0.0691. The maximum absolute atomic E-state index is 13.4. The lowest BCUT2D eigenvalue weighted by Crippen LogP contribution is -2.39. The van der Waals surface area contributed by atoms with Gasteiger partial charge in [0.2, 0.25) is 0 Å². The van der Waals surface area contributed by atoms with Gasteiger partial charge in [-0.05, 0) is 68.9 Å². The maximum Gasteiger partial charge on any atom is 0.254 e. The van der Waals surface area contributed by atoms with E-state index in [1.807, 2.05) is 53.8 Å². The summed E-state index contributed by atoms with van der Waals surface area (Å²) in [7, 11) is 0. The summed E-state index contributed by atoms with van der Waals surface area (Å²) in [5.74, 6) is 0.566. The van der Waals surface area contributed by atoms with Crippen LogP contribution in [0.1, 0.15) is 57.7 Å². The van der Waals surface area contributed by atoms with Crippen LogP contribution in [0, 0.1) is 31.1 Å². The minimum Gasteiger partial charge on any atom is -0.396 e. The number of aromatic nitrogens is 2. The lowest BCUT2D eigenvalue weighted by Gasteiger charge is -2.32. The van der Waals surface area contributed by atoms with Crippen LogP contribution in [0.25, 0.3) is 5.69 Å². The molecule has 6 nitrogen and oxygen atoms in total. The maximum atomic E-state index is 13.4. The Balaban J connectivity index is 1.58. The monoisotopic (exact) mass is 476 g/mol. The van der Waals surface area contributed by atoms with Crippen LogP contribution in [0.3, 0.4) is 0 Å². The number of aliphatic hydroxyl groups excluding tert-OH is 1. The summed E-state index contributed by atoms with van der Waals surface area (Å²) in [5.41, 5.74) is 5.88. The fourth-order valence-electron chi connectivity index (χ4n) is 4.76. The summed E-state index contributed by atoms with van der Waals surface area (Å²) in [5, 5.41) is 23.5. The molecule has 0 unspecified atom stereocenters. The van der Waals surface area contributed by atoms with Gasteiger partial charge in [-0.1, -0.05) is 29.8 Å². The average Bonchev–Trinajstić information content (AvgIpc) is 3.13. The van der Waals surface area contributed by atoms with Crippen molar-refractivity contribution in [2.75, 3.05) is 19.7 Å². The second-order valence-electron chi connectivity index (χ2n) is 8.92. The van der Waals surface area contributed by atoms with Crippen molar-refractivity contribution < 1.29 is 9.90 Å². The van der Waals surface area contributed by atoms with Crippen molar-refractivity contribution >= 4 is 17.5 Å². The number of carbonyl (C=O) groups is 1. The van der Waals surface area contributed by atoms with Crippen LogP contribution in [0.4, 0.5) is 0 Å². The van der Waals surface area contributed by atoms with E-state index in [-0.39, 0.29) is 12.5 Å². The SMILES string of the molecule is Cc1nn(-c2ccc(C#N)c(Cl)c2)c(C)c1Cc1ccccc1C(=O)N1CCC(CCO)CC1. The number of nitrogens with zero attached hydrogens (tertiary/aromatic N) is 4. The van der Waals surface area contributed by atoms with Crippen molar-refractivity contribution in [3.8, 4) is 11.8 Å². The molecular weight excluding hydrogens is 448 g/mol. The van der Waals surface area contributed by atoms with E-state index in [9.17, 15) is 9.90 Å². The number of halogens is 1. The number of piperidine rings is 1. The second-order valence-corrected chi connectivity index (χ2v) is 9.33. The predicted molar refractivity (Wildman–Crippen MR) is 132 cm³/mol. The zero-order valence-electron chi connectivity index (χ0n) is 19.6. The van der Waals surface area contributed by atoms with E-state index in [1.54, 1.807) is 12.1 Å². The third-order valence-electron chi connectivity index (χ3n) is 6.81. The van der Waals surface area contributed by atoms with Gasteiger partial charge in [0.05, 0.1) is 22.0 Å². The van der Waals surface area contributed by atoms with E-state index in [1.165, 1.54) is 0 Å². The van der Waals surface area contributed by atoms with Gasteiger partial charge in [-0.2, -0.15) is 10.4 Å². The zero-order valence-corrected chi connectivity index (χ0v) is 20.3. The zero-order chi connectivity index (χ0) is 24.2. The number of aliphatic hydroxyl groups is 1. The molecule has 2 aromatic carbocycles. The highest BCUT2D eigenvalue weighted by Gasteiger charge is 2.25. The van der Waals surface area contributed by atoms with E-state index >= 15 is 0 Å². The molecule has 3 aromatic rings. The first-order valence-corrected chi connectivity index (χ1v) is 12.0. The largest absolute Gasteiger partial charge is 0.396 e.